The van der Waals surface area contributed by atoms with Gasteiger partial charge in [-0.25, -0.2) is 14.8 Å². The Balaban J connectivity index is 1.82. The zero-order valence-electron chi connectivity index (χ0n) is 13.1. The number of hydrogen-bond acceptors (Lipinski definition) is 6. The summed E-state index contributed by atoms with van der Waals surface area (Å²) in [5.41, 5.74) is 1.16. The van der Waals surface area contributed by atoms with Crippen LogP contribution < -0.4 is 10.6 Å². The second-order valence-corrected chi connectivity index (χ2v) is 5.87. The molecular weight excluding hydrogens is 308 g/mol. The fourth-order valence-electron chi connectivity index (χ4n) is 2.77. The standard InChI is InChI=1S/C17H16N4O3/c1-18-15-13-8-19-14(21-16(22)9-2-3-9)6-11(13)12(7-20-15)10-4-5-24-17(10)23/h4,6-9H,2-3,5H2,1H3,(H,18,20)(H,19,21,22). The molecule has 24 heavy (non-hydrogen) atoms. The molecule has 0 bridgehead atoms. The van der Waals surface area contributed by atoms with Crippen LogP contribution in [0.1, 0.15) is 18.4 Å². The van der Waals surface area contributed by atoms with Gasteiger partial charge in [0.05, 0.1) is 5.57 Å². The molecule has 7 nitrogen and oxygen atoms in total. The highest BCUT2D eigenvalue weighted by atomic mass is 16.5. The van der Waals surface area contributed by atoms with E-state index < -0.39 is 0 Å². The normalized spacial score (nSPS) is 16.7. The lowest BCUT2D eigenvalue weighted by Crippen LogP contribution is -2.14. The Hall–Kier alpha value is -2.96. The topological polar surface area (TPSA) is 93.2 Å². The molecular formula is C17H16N4O3. The number of esters is 1. The number of hydrogen-bond donors (Lipinski definition) is 2. The fraction of sp³-hybridized carbons (Fsp3) is 0.294. The monoisotopic (exact) mass is 324 g/mol. The Morgan fingerprint density at radius 3 is 2.75 bits per heavy atom. The van der Waals surface area contributed by atoms with Crippen molar-refractivity contribution >= 4 is 39.9 Å². The summed E-state index contributed by atoms with van der Waals surface area (Å²) in [4.78, 5) is 32.5. The molecule has 2 aromatic heterocycles. The largest absolute Gasteiger partial charge is 0.458 e. The molecule has 1 fully saturated rings. The van der Waals surface area contributed by atoms with Crippen molar-refractivity contribution in [1.82, 2.24) is 9.97 Å². The predicted octanol–water partition coefficient (Wildman–Crippen LogP) is 1.96. The molecule has 1 aliphatic heterocycles. The number of amides is 1. The molecule has 2 aromatic rings. The van der Waals surface area contributed by atoms with Gasteiger partial charge in [0.25, 0.3) is 0 Å². The Kier molecular flexibility index (Phi) is 3.41. The second kappa shape index (κ2) is 5.59. The number of fused-ring (bicyclic) bond motifs is 1. The van der Waals surface area contributed by atoms with E-state index in [1.54, 1.807) is 31.6 Å². The number of rotatable bonds is 4. The molecule has 0 saturated heterocycles. The third-order valence-corrected chi connectivity index (χ3v) is 4.22. The highest BCUT2D eigenvalue weighted by Crippen LogP contribution is 2.33. The van der Waals surface area contributed by atoms with Crippen LogP contribution in [0.2, 0.25) is 0 Å². The van der Waals surface area contributed by atoms with Gasteiger partial charge in [-0.3, -0.25) is 4.79 Å². The Morgan fingerprint density at radius 2 is 2.08 bits per heavy atom. The number of pyridine rings is 2. The number of aromatic nitrogens is 2. The first-order chi connectivity index (χ1) is 11.7. The molecule has 1 aliphatic carbocycles. The molecule has 0 atom stereocenters. The lowest BCUT2D eigenvalue weighted by atomic mass is 10.0. The van der Waals surface area contributed by atoms with Crippen LogP contribution in [-0.4, -0.2) is 35.5 Å². The molecule has 2 aliphatic rings. The van der Waals surface area contributed by atoms with Crippen molar-refractivity contribution < 1.29 is 14.3 Å². The molecule has 4 rings (SSSR count). The van der Waals surface area contributed by atoms with Crippen LogP contribution >= 0.6 is 0 Å². The first kappa shape index (κ1) is 14.6. The average molecular weight is 324 g/mol. The van der Waals surface area contributed by atoms with E-state index in [1.165, 1.54) is 0 Å². The average Bonchev–Trinajstić information content (AvgIpc) is 3.36. The number of nitrogens with one attached hydrogen (secondary N) is 2. The Labute approximate surface area is 138 Å². The fourth-order valence-corrected chi connectivity index (χ4v) is 2.77. The summed E-state index contributed by atoms with van der Waals surface area (Å²) in [6.45, 7) is 0.264. The van der Waals surface area contributed by atoms with Crippen LogP contribution in [0.4, 0.5) is 11.6 Å². The smallest absolute Gasteiger partial charge is 0.338 e. The minimum absolute atomic E-state index is 0.00853. The molecule has 1 saturated carbocycles. The number of carbonyl (C=O) groups is 2. The van der Waals surface area contributed by atoms with E-state index in [9.17, 15) is 9.59 Å². The first-order valence-electron chi connectivity index (χ1n) is 7.82. The van der Waals surface area contributed by atoms with Gasteiger partial charge < -0.3 is 15.4 Å². The molecule has 7 heteroatoms. The molecule has 2 N–H and O–H groups in total. The van der Waals surface area contributed by atoms with Crippen LogP contribution in [0.3, 0.4) is 0 Å². The highest BCUT2D eigenvalue weighted by molar-refractivity contribution is 6.22. The molecule has 0 unspecified atom stereocenters. The molecule has 0 aromatic carbocycles. The molecule has 1 amide bonds. The lowest BCUT2D eigenvalue weighted by molar-refractivity contribution is -0.134. The minimum Gasteiger partial charge on any atom is -0.458 e. The third-order valence-electron chi connectivity index (χ3n) is 4.22. The van der Waals surface area contributed by atoms with Crippen molar-refractivity contribution in [2.75, 3.05) is 24.3 Å². The summed E-state index contributed by atoms with van der Waals surface area (Å²) in [6, 6.07) is 1.78. The van der Waals surface area contributed by atoms with Gasteiger partial charge in [-0.2, -0.15) is 0 Å². The number of cyclic esters (lactones) is 1. The van der Waals surface area contributed by atoms with Gasteiger partial charge in [-0.15, -0.1) is 0 Å². The third kappa shape index (κ3) is 2.47. The van der Waals surface area contributed by atoms with Crippen LogP contribution in [0.15, 0.2) is 24.5 Å². The number of ether oxygens (including phenoxy) is 1. The molecule has 3 heterocycles. The summed E-state index contributed by atoms with van der Waals surface area (Å²) in [5.74, 6) is 0.857. The van der Waals surface area contributed by atoms with Gasteiger partial charge in [0.1, 0.15) is 18.2 Å². The summed E-state index contributed by atoms with van der Waals surface area (Å²) in [5, 5.41) is 7.42. The minimum atomic E-state index is -0.365. The number of nitrogens with zero attached hydrogens (tertiary/aromatic N) is 2. The van der Waals surface area contributed by atoms with Gasteiger partial charge in [-0.05, 0) is 25.0 Å². The Bertz CT molecular complexity index is 887. The maximum Gasteiger partial charge on any atom is 0.338 e. The summed E-state index contributed by atoms with van der Waals surface area (Å²) >= 11 is 0. The zero-order valence-corrected chi connectivity index (χ0v) is 13.1. The van der Waals surface area contributed by atoms with E-state index in [2.05, 4.69) is 20.6 Å². The van der Waals surface area contributed by atoms with Gasteiger partial charge in [0.2, 0.25) is 5.91 Å². The number of carbonyl (C=O) groups excluding carboxylic acids is 2. The van der Waals surface area contributed by atoms with Crippen LogP contribution in [-0.2, 0) is 14.3 Å². The van der Waals surface area contributed by atoms with E-state index in [0.29, 0.717) is 22.8 Å². The van der Waals surface area contributed by atoms with Crippen LogP contribution in [0.5, 0.6) is 0 Å². The second-order valence-electron chi connectivity index (χ2n) is 5.87. The van der Waals surface area contributed by atoms with Crippen molar-refractivity contribution in [3.05, 3.63) is 30.1 Å². The van der Waals surface area contributed by atoms with Crippen molar-refractivity contribution in [3.63, 3.8) is 0 Å². The highest BCUT2D eigenvalue weighted by Gasteiger charge is 2.30. The predicted molar refractivity (Wildman–Crippen MR) is 89.4 cm³/mol. The van der Waals surface area contributed by atoms with Crippen LogP contribution in [0, 0.1) is 5.92 Å². The Morgan fingerprint density at radius 1 is 1.25 bits per heavy atom. The van der Waals surface area contributed by atoms with Crippen molar-refractivity contribution in [3.8, 4) is 0 Å². The van der Waals surface area contributed by atoms with Crippen molar-refractivity contribution in [2.45, 2.75) is 12.8 Å². The maximum atomic E-state index is 12.0. The first-order valence-corrected chi connectivity index (χ1v) is 7.82. The van der Waals surface area contributed by atoms with Gasteiger partial charge in [0, 0.05) is 41.7 Å². The summed E-state index contributed by atoms with van der Waals surface area (Å²) in [7, 11) is 1.77. The van der Waals surface area contributed by atoms with Crippen LogP contribution in [0.25, 0.3) is 16.3 Å². The quantitative estimate of drug-likeness (QED) is 0.835. The number of anilines is 2. The van der Waals surface area contributed by atoms with E-state index in [4.69, 9.17) is 4.74 Å². The van der Waals surface area contributed by atoms with Gasteiger partial charge in [-0.1, -0.05) is 0 Å². The lowest BCUT2D eigenvalue weighted by Gasteiger charge is -2.11. The summed E-state index contributed by atoms with van der Waals surface area (Å²) in [6.07, 6.45) is 6.88. The maximum absolute atomic E-state index is 12.0. The van der Waals surface area contributed by atoms with Crippen molar-refractivity contribution in [2.24, 2.45) is 5.92 Å². The summed E-state index contributed by atoms with van der Waals surface area (Å²) < 4.78 is 5.00. The molecule has 0 radical (unpaired) electrons. The molecule has 0 spiro atoms. The van der Waals surface area contributed by atoms with Crippen molar-refractivity contribution in [1.29, 1.82) is 0 Å². The SMILES string of the molecule is CNc1ncc(C2=CCOC2=O)c2cc(NC(=O)C3CC3)ncc12. The van der Waals surface area contributed by atoms with Gasteiger partial charge in [0.15, 0.2) is 0 Å². The van der Waals surface area contributed by atoms with E-state index in [1.807, 2.05) is 0 Å². The van der Waals surface area contributed by atoms with Gasteiger partial charge >= 0.3 is 5.97 Å². The van der Waals surface area contributed by atoms with E-state index in [-0.39, 0.29) is 24.4 Å². The zero-order chi connectivity index (χ0) is 16.7. The molecule has 122 valence electrons. The van der Waals surface area contributed by atoms with E-state index >= 15 is 0 Å². The van der Waals surface area contributed by atoms with E-state index in [0.717, 1.165) is 23.6 Å².